The van der Waals surface area contributed by atoms with Gasteiger partial charge in [-0.1, -0.05) is 91.2 Å². The summed E-state index contributed by atoms with van der Waals surface area (Å²) in [6.07, 6.45) is 4.81. The van der Waals surface area contributed by atoms with Gasteiger partial charge in [-0.05, 0) is 43.0 Å². The number of carbonyl (C=O) groups is 2. The zero-order chi connectivity index (χ0) is 24.5. The van der Waals surface area contributed by atoms with E-state index in [0.29, 0.717) is 13.0 Å². The van der Waals surface area contributed by atoms with Crippen LogP contribution in [0.15, 0.2) is 89.8 Å². The molecule has 182 valence electrons. The molecule has 0 aliphatic heterocycles. The normalized spacial score (nSPS) is 14.4. The second-order valence-electron chi connectivity index (χ2n) is 9.30. The molecule has 0 radical (unpaired) electrons. The van der Waals surface area contributed by atoms with Crippen molar-refractivity contribution in [2.45, 2.75) is 62.6 Å². The first-order valence-electron chi connectivity index (χ1n) is 12.5. The van der Waals surface area contributed by atoms with E-state index in [1.165, 1.54) is 17.3 Å². The maximum absolute atomic E-state index is 13.7. The lowest BCUT2D eigenvalue weighted by atomic mass is 10.0. The van der Waals surface area contributed by atoms with Crippen LogP contribution in [0.1, 0.15) is 42.4 Å². The molecule has 2 amide bonds. The number of amides is 2. The second-order valence-corrected chi connectivity index (χ2v) is 10.4. The van der Waals surface area contributed by atoms with Crippen LogP contribution in [-0.4, -0.2) is 34.6 Å². The fourth-order valence-corrected chi connectivity index (χ4v) is 5.36. The molecule has 0 bridgehead atoms. The lowest BCUT2D eigenvalue weighted by Gasteiger charge is -2.32. The zero-order valence-corrected chi connectivity index (χ0v) is 21.2. The maximum Gasteiger partial charge on any atom is 0.243 e. The van der Waals surface area contributed by atoms with Crippen molar-refractivity contribution in [3.63, 3.8) is 0 Å². The van der Waals surface area contributed by atoms with E-state index in [1.54, 1.807) is 4.90 Å². The van der Waals surface area contributed by atoms with Gasteiger partial charge in [-0.3, -0.25) is 9.59 Å². The Morgan fingerprint density at radius 1 is 0.886 bits per heavy atom. The molecule has 0 saturated heterocycles. The topological polar surface area (TPSA) is 49.4 Å². The van der Waals surface area contributed by atoms with Gasteiger partial charge in [-0.2, -0.15) is 0 Å². The number of benzene rings is 3. The first-order chi connectivity index (χ1) is 17.1. The van der Waals surface area contributed by atoms with E-state index >= 15 is 0 Å². The summed E-state index contributed by atoms with van der Waals surface area (Å²) in [7, 11) is 0. The average Bonchev–Trinajstić information content (AvgIpc) is 3.40. The summed E-state index contributed by atoms with van der Waals surface area (Å²) in [6, 6.07) is 27.8. The minimum Gasteiger partial charge on any atom is -0.352 e. The number of hydrogen-bond donors (Lipinski definition) is 1. The fourth-order valence-electron chi connectivity index (χ4n) is 4.56. The number of aryl methyl sites for hydroxylation is 1. The molecule has 3 aromatic carbocycles. The molecule has 1 aliphatic carbocycles. The van der Waals surface area contributed by atoms with Crippen molar-refractivity contribution in [2.75, 3.05) is 5.75 Å². The minimum absolute atomic E-state index is 0.0260. The van der Waals surface area contributed by atoms with Crippen molar-refractivity contribution in [3.05, 3.63) is 102 Å². The molecule has 1 fully saturated rings. The first-order valence-corrected chi connectivity index (χ1v) is 13.4. The lowest BCUT2D eigenvalue weighted by Crippen LogP contribution is -2.52. The van der Waals surface area contributed by atoms with Crippen LogP contribution in [0.3, 0.4) is 0 Å². The van der Waals surface area contributed by atoms with Gasteiger partial charge in [-0.15, -0.1) is 11.8 Å². The van der Waals surface area contributed by atoms with Gasteiger partial charge in [-0.25, -0.2) is 0 Å². The van der Waals surface area contributed by atoms with Gasteiger partial charge in [0.25, 0.3) is 0 Å². The van der Waals surface area contributed by atoms with E-state index in [4.69, 9.17) is 0 Å². The largest absolute Gasteiger partial charge is 0.352 e. The Bertz CT molecular complexity index is 1080. The van der Waals surface area contributed by atoms with E-state index in [1.807, 2.05) is 60.7 Å². The highest BCUT2D eigenvalue weighted by atomic mass is 32.2. The zero-order valence-electron chi connectivity index (χ0n) is 20.4. The van der Waals surface area contributed by atoms with E-state index in [2.05, 4.69) is 36.5 Å². The van der Waals surface area contributed by atoms with Crippen LogP contribution in [0, 0.1) is 6.92 Å². The number of thioether (sulfide) groups is 1. The molecule has 1 saturated carbocycles. The SMILES string of the molecule is Cc1ccc(CN(C(=O)CSc2ccccc2)[C@@H](Cc2ccccc2)C(=O)NC2CCCC2)cc1. The Morgan fingerprint density at radius 3 is 2.17 bits per heavy atom. The summed E-state index contributed by atoms with van der Waals surface area (Å²) >= 11 is 1.52. The van der Waals surface area contributed by atoms with Crippen molar-refractivity contribution >= 4 is 23.6 Å². The number of nitrogens with zero attached hydrogens (tertiary/aromatic N) is 1. The molecule has 1 N–H and O–H groups in total. The van der Waals surface area contributed by atoms with Gasteiger partial charge in [0, 0.05) is 23.9 Å². The smallest absolute Gasteiger partial charge is 0.243 e. The molecule has 35 heavy (non-hydrogen) atoms. The molecule has 1 aliphatic rings. The molecule has 1 atom stereocenters. The third-order valence-corrected chi connectivity index (χ3v) is 7.55. The first kappa shape index (κ1) is 25.1. The molecule has 0 aromatic heterocycles. The summed E-state index contributed by atoms with van der Waals surface area (Å²) in [5.41, 5.74) is 3.25. The van der Waals surface area contributed by atoms with Crippen LogP contribution >= 0.6 is 11.8 Å². The Kier molecular flexibility index (Phi) is 9.02. The van der Waals surface area contributed by atoms with Crippen LogP contribution in [0.25, 0.3) is 0 Å². The van der Waals surface area contributed by atoms with Gasteiger partial charge in [0.2, 0.25) is 11.8 Å². The summed E-state index contributed by atoms with van der Waals surface area (Å²) in [4.78, 5) is 30.2. The highest BCUT2D eigenvalue weighted by Crippen LogP contribution is 2.22. The van der Waals surface area contributed by atoms with Gasteiger partial charge in [0.05, 0.1) is 5.75 Å². The lowest BCUT2D eigenvalue weighted by molar-refractivity contribution is -0.139. The predicted octanol–water partition coefficient (Wildman–Crippen LogP) is 5.79. The van der Waals surface area contributed by atoms with E-state index < -0.39 is 6.04 Å². The second kappa shape index (κ2) is 12.6. The Balaban J connectivity index is 1.60. The molecular formula is C30H34N2O2S. The van der Waals surface area contributed by atoms with E-state index in [-0.39, 0.29) is 23.6 Å². The molecule has 4 nitrogen and oxygen atoms in total. The molecule has 0 unspecified atom stereocenters. The number of rotatable bonds is 10. The van der Waals surface area contributed by atoms with E-state index in [9.17, 15) is 9.59 Å². The van der Waals surface area contributed by atoms with Gasteiger partial charge in [0.1, 0.15) is 6.04 Å². The van der Waals surface area contributed by atoms with Gasteiger partial charge in [0.15, 0.2) is 0 Å². The van der Waals surface area contributed by atoms with E-state index in [0.717, 1.165) is 41.7 Å². The molecular weight excluding hydrogens is 452 g/mol. The van der Waals surface area contributed by atoms with Crippen LogP contribution in [0.2, 0.25) is 0 Å². The molecule has 4 rings (SSSR count). The van der Waals surface area contributed by atoms with Crippen molar-refractivity contribution < 1.29 is 9.59 Å². The summed E-state index contributed by atoms with van der Waals surface area (Å²) in [5, 5.41) is 3.26. The number of carbonyl (C=O) groups excluding carboxylic acids is 2. The molecule has 0 heterocycles. The van der Waals surface area contributed by atoms with Crippen molar-refractivity contribution in [2.24, 2.45) is 0 Å². The highest BCUT2D eigenvalue weighted by molar-refractivity contribution is 8.00. The molecule has 0 spiro atoms. The number of nitrogens with one attached hydrogen (secondary N) is 1. The third kappa shape index (κ3) is 7.46. The quantitative estimate of drug-likeness (QED) is 0.369. The molecule has 3 aromatic rings. The highest BCUT2D eigenvalue weighted by Gasteiger charge is 2.32. The average molecular weight is 487 g/mol. The predicted molar refractivity (Wildman–Crippen MR) is 143 cm³/mol. The van der Waals surface area contributed by atoms with Crippen LogP contribution in [0.4, 0.5) is 0 Å². The van der Waals surface area contributed by atoms with Crippen molar-refractivity contribution in [1.82, 2.24) is 10.2 Å². The summed E-state index contributed by atoms with van der Waals surface area (Å²) < 4.78 is 0. The maximum atomic E-state index is 13.7. The van der Waals surface area contributed by atoms with Gasteiger partial charge >= 0.3 is 0 Å². The fraction of sp³-hybridized carbons (Fsp3) is 0.333. The summed E-state index contributed by atoms with van der Waals surface area (Å²) in [5.74, 6) is 0.213. The van der Waals surface area contributed by atoms with Crippen molar-refractivity contribution in [3.8, 4) is 0 Å². The van der Waals surface area contributed by atoms with Crippen LogP contribution in [0.5, 0.6) is 0 Å². The van der Waals surface area contributed by atoms with Crippen LogP contribution < -0.4 is 5.32 Å². The van der Waals surface area contributed by atoms with Gasteiger partial charge < -0.3 is 10.2 Å². The summed E-state index contributed by atoms with van der Waals surface area (Å²) in [6.45, 7) is 2.46. The monoisotopic (exact) mass is 486 g/mol. The molecule has 5 heteroatoms. The Hall–Kier alpha value is -3.05. The third-order valence-electron chi connectivity index (χ3n) is 6.55. The van der Waals surface area contributed by atoms with Crippen molar-refractivity contribution in [1.29, 1.82) is 0 Å². The Labute approximate surface area is 213 Å². The minimum atomic E-state index is -0.567. The van der Waals surface area contributed by atoms with Crippen LogP contribution in [-0.2, 0) is 22.6 Å². The Morgan fingerprint density at radius 2 is 1.51 bits per heavy atom. The standard InChI is InChI=1S/C30H34N2O2S/c1-23-16-18-25(19-17-23)21-32(29(33)22-35-27-14-6-3-7-15-27)28(20-24-10-4-2-5-11-24)30(34)31-26-12-8-9-13-26/h2-7,10-11,14-19,26,28H,8-9,12-13,20-22H2,1H3,(H,31,34)/t28-/m0/s1. The number of hydrogen-bond acceptors (Lipinski definition) is 3.